The summed E-state index contributed by atoms with van der Waals surface area (Å²) in [5, 5.41) is 0.835. The number of hydrogen-bond donors (Lipinski definition) is 0. The quantitative estimate of drug-likeness (QED) is 0.750. The highest BCUT2D eigenvalue weighted by Crippen LogP contribution is 2.22. The van der Waals surface area contributed by atoms with Crippen molar-refractivity contribution < 1.29 is 8.42 Å². The van der Waals surface area contributed by atoms with Gasteiger partial charge in [0.2, 0.25) is 10.0 Å². The van der Waals surface area contributed by atoms with Crippen molar-refractivity contribution in [1.82, 2.24) is 14.3 Å². The molecule has 2 aromatic heterocycles. The second-order valence-electron chi connectivity index (χ2n) is 5.36. The third kappa shape index (κ3) is 4.10. The first-order chi connectivity index (χ1) is 11.2. The Bertz CT molecular complexity index is 728. The average Bonchev–Trinajstić information content (AvgIpc) is 3.12. The Morgan fingerprint density at radius 1 is 1.09 bits per heavy atom. The normalized spacial score (nSPS) is 15.8. The van der Waals surface area contributed by atoms with Crippen molar-refractivity contribution in [3.63, 3.8) is 0 Å². The molecule has 1 fully saturated rings. The van der Waals surface area contributed by atoms with Gasteiger partial charge in [0.1, 0.15) is 4.90 Å². The van der Waals surface area contributed by atoms with Crippen LogP contribution in [0.1, 0.15) is 18.5 Å². The predicted octanol–water partition coefficient (Wildman–Crippen LogP) is 2.60. The highest BCUT2D eigenvalue weighted by atomic mass is 32.2. The van der Waals surface area contributed by atoms with Gasteiger partial charge in [-0.05, 0) is 43.5 Å². The second-order valence-corrected chi connectivity index (χ2v) is 8.42. The van der Waals surface area contributed by atoms with E-state index in [1.165, 1.54) is 10.5 Å². The van der Waals surface area contributed by atoms with Gasteiger partial charge in [-0.2, -0.15) is 4.31 Å². The number of pyridine rings is 2. The molecule has 5 nitrogen and oxygen atoms in total. The molecule has 1 aliphatic rings. The van der Waals surface area contributed by atoms with E-state index in [-0.39, 0.29) is 4.90 Å². The monoisotopic (exact) mass is 349 g/mol. The summed E-state index contributed by atoms with van der Waals surface area (Å²) in [5.41, 5.74) is 1.05. The molecule has 0 aromatic carbocycles. The number of aryl methyl sites for hydroxylation is 1. The van der Waals surface area contributed by atoms with Crippen LogP contribution in [0, 0.1) is 0 Å². The van der Waals surface area contributed by atoms with E-state index in [1.54, 1.807) is 30.1 Å². The topological polar surface area (TPSA) is 63.2 Å². The van der Waals surface area contributed by atoms with Gasteiger partial charge in [0, 0.05) is 36.9 Å². The van der Waals surface area contributed by atoms with E-state index in [1.807, 2.05) is 18.2 Å². The molecule has 0 spiro atoms. The molecule has 122 valence electrons. The molecule has 1 saturated heterocycles. The number of hydrogen-bond acceptors (Lipinski definition) is 5. The molecule has 0 atom stereocenters. The Balaban J connectivity index is 1.59. The minimum atomic E-state index is -3.37. The van der Waals surface area contributed by atoms with Gasteiger partial charge in [0.25, 0.3) is 0 Å². The number of sulfonamides is 1. The highest BCUT2D eigenvalue weighted by molar-refractivity contribution is 7.99. The summed E-state index contributed by atoms with van der Waals surface area (Å²) in [7, 11) is -3.37. The Kier molecular flexibility index (Phi) is 5.30. The van der Waals surface area contributed by atoms with Crippen LogP contribution in [0.4, 0.5) is 0 Å². The number of thioether (sulfide) groups is 1. The van der Waals surface area contributed by atoms with Crippen LogP contribution < -0.4 is 0 Å². The summed E-state index contributed by atoms with van der Waals surface area (Å²) in [4.78, 5) is 8.85. The summed E-state index contributed by atoms with van der Waals surface area (Å²) in [6.45, 7) is 1.23. The van der Waals surface area contributed by atoms with Crippen molar-refractivity contribution >= 4 is 21.8 Å². The van der Waals surface area contributed by atoms with E-state index in [4.69, 9.17) is 0 Å². The standard InChI is InChI=1S/C16H19N3O2S2/c20-23(21,19-10-3-4-11-19)15-6-7-16(18-13-15)22-12-8-14-5-1-2-9-17-14/h1-2,5-7,9,13H,3-4,8,10-12H2. The van der Waals surface area contributed by atoms with Gasteiger partial charge in [-0.3, -0.25) is 4.98 Å². The molecule has 0 bridgehead atoms. The van der Waals surface area contributed by atoms with Crippen molar-refractivity contribution in [3.8, 4) is 0 Å². The molecule has 0 unspecified atom stereocenters. The van der Waals surface area contributed by atoms with Crippen LogP contribution in [-0.2, 0) is 16.4 Å². The van der Waals surface area contributed by atoms with Crippen molar-refractivity contribution in [1.29, 1.82) is 0 Å². The first-order valence-corrected chi connectivity index (χ1v) is 10.1. The van der Waals surface area contributed by atoms with Gasteiger partial charge >= 0.3 is 0 Å². The summed E-state index contributed by atoms with van der Waals surface area (Å²) in [6, 6.07) is 9.32. The molecule has 1 aliphatic heterocycles. The van der Waals surface area contributed by atoms with Crippen LogP contribution in [0.2, 0.25) is 0 Å². The van der Waals surface area contributed by atoms with E-state index in [0.717, 1.165) is 35.7 Å². The third-order valence-corrected chi connectivity index (χ3v) is 6.57. The lowest BCUT2D eigenvalue weighted by atomic mass is 10.3. The Morgan fingerprint density at radius 2 is 1.91 bits per heavy atom. The molecule has 0 radical (unpaired) electrons. The SMILES string of the molecule is O=S(=O)(c1ccc(SCCc2ccccn2)nc1)N1CCCC1. The molecular formula is C16H19N3O2S2. The predicted molar refractivity (Wildman–Crippen MR) is 90.9 cm³/mol. The van der Waals surface area contributed by atoms with Gasteiger partial charge in [-0.1, -0.05) is 6.07 Å². The van der Waals surface area contributed by atoms with Crippen molar-refractivity contribution in [2.24, 2.45) is 0 Å². The van der Waals surface area contributed by atoms with E-state index in [9.17, 15) is 8.42 Å². The molecule has 0 N–H and O–H groups in total. The van der Waals surface area contributed by atoms with E-state index < -0.39 is 10.0 Å². The molecular weight excluding hydrogens is 330 g/mol. The first kappa shape index (κ1) is 16.4. The molecule has 3 rings (SSSR count). The van der Waals surface area contributed by atoms with Crippen LogP contribution in [-0.4, -0.2) is 41.5 Å². The molecule has 2 aromatic rings. The zero-order valence-electron chi connectivity index (χ0n) is 12.8. The van der Waals surface area contributed by atoms with E-state index in [0.29, 0.717) is 13.1 Å². The zero-order chi connectivity index (χ0) is 16.1. The maximum absolute atomic E-state index is 12.4. The van der Waals surface area contributed by atoms with Crippen LogP contribution >= 0.6 is 11.8 Å². The maximum Gasteiger partial charge on any atom is 0.244 e. The minimum Gasteiger partial charge on any atom is -0.261 e. The fourth-order valence-electron chi connectivity index (χ4n) is 2.49. The minimum absolute atomic E-state index is 0.286. The van der Waals surface area contributed by atoms with E-state index in [2.05, 4.69) is 9.97 Å². The molecule has 23 heavy (non-hydrogen) atoms. The summed E-state index contributed by atoms with van der Waals surface area (Å²) >= 11 is 1.61. The van der Waals surface area contributed by atoms with Crippen LogP contribution in [0.25, 0.3) is 0 Å². The van der Waals surface area contributed by atoms with Crippen LogP contribution in [0.3, 0.4) is 0 Å². The fourth-order valence-corrected chi connectivity index (χ4v) is 4.76. The summed E-state index contributed by atoms with van der Waals surface area (Å²) in [6.07, 6.45) is 6.00. The fraction of sp³-hybridized carbons (Fsp3) is 0.375. The molecule has 0 saturated carbocycles. The Hall–Kier alpha value is -1.44. The lowest BCUT2D eigenvalue weighted by Gasteiger charge is -2.15. The Labute approximate surface area is 141 Å². The Morgan fingerprint density at radius 3 is 2.57 bits per heavy atom. The average molecular weight is 349 g/mol. The highest BCUT2D eigenvalue weighted by Gasteiger charge is 2.27. The summed E-state index contributed by atoms with van der Waals surface area (Å²) < 4.78 is 26.4. The van der Waals surface area contributed by atoms with Gasteiger partial charge in [-0.15, -0.1) is 11.8 Å². The van der Waals surface area contributed by atoms with Gasteiger partial charge in [0.05, 0.1) is 5.03 Å². The lowest BCUT2D eigenvalue weighted by Crippen LogP contribution is -2.27. The van der Waals surface area contributed by atoms with Crippen LogP contribution in [0.15, 0.2) is 52.6 Å². The van der Waals surface area contributed by atoms with Crippen LogP contribution in [0.5, 0.6) is 0 Å². The number of nitrogens with zero attached hydrogens (tertiary/aromatic N) is 3. The van der Waals surface area contributed by atoms with E-state index >= 15 is 0 Å². The van der Waals surface area contributed by atoms with Gasteiger partial charge in [-0.25, -0.2) is 13.4 Å². The second kappa shape index (κ2) is 7.42. The van der Waals surface area contributed by atoms with Crippen molar-refractivity contribution in [2.45, 2.75) is 29.2 Å². The molecule has 7 heteroatoms. The molecule has 0 amide bonds. The third-order valence-electron chi connectivity index (χ3n) is 3.75. The zero-order valence-corrected chi connectivity index (χ0v) is 14.4. The first-order valence-electron chi connectivity index (χ1n) is 7.65. The largest absolute Gasteiger partial charge is 0.261 e. The molecule has 3 heterocycles. The maximum atomic E-state index is 12.4. The van der Waals surface area contributed by atoms with Gasteiger partial charge < -0.3 is 0 Å². The van der Waals surface area contributed by atoms with Crippen molar-refractivity contribution in [2.75, 3.05) is 18.8 Å². The number of aromatic nitrogens is 2. The van der Waals surface area contributed by atoms with Crippen molar-refractivity contribution in [3.05, 3.63) is 48.4 Å². The van der Waals surface area contributed by atoms with Gasteiger partial charge in [0.15, 0.2) is 0 Å². The lowest BCUT2D eigenvalue weighted by molar-refractivity contribution is 0.477. The smallest absolute Gasteiger partial charge is 0.244 e. The number of rotatable bonds is 6. The molecule has 0 aliphatic carbocycles. The summed E-state index contributed by atoms with van der Waals surface area (Å²) in [5.74, 6) is 0.863.